The SMILES string of the molecule is C[C@@H]1CC(=O)[C@H](COC2CCC(c3ccccc3)CC2)N1c1nnnn1C. The van der Waals surface area contributed by atoms with Crippen LogP contribution in [0.25, 0.3) is 0 Å². The number of carbonyl (C=O) groups excluding carboxylic acids is 1. The number of aryl methyl sites for hydroxylation is 1. The molecule has 2 fully saturated rings. The number of benzene rings is 1. The van der Waals surface area contributed by atoms with Crippen molar-refractivity contribution >= 4 is 11.7 Å². The van der Waals surface area contributed by atoms with E-state index in [4.69, 9.17) is 4.74 Å². The van der Waals surface area contributed by atoms with Crippen LogP contribution in [0.15, 0.2) is 30.3 Å². The number of nitrogens with zero attached hydrogens (tertiary/aromatic N) is 5. The van der Waals surface area contributed by atoms with E-state index in [0.717, 1.165) is 25.7 Å². The summed E-state index contributed by atoms with van der Waals surface area (Å²) in [6, 6.07) is 10.5. The molecule has 0 N–H and O–H groups in total. The number of ether oxygens (including phenoxy) is 1. The maximum atomic E-state index is 12.5. The Morgan fingerprint density at radius 2 is 1.89 bits per heavy atom. The molecule has 1 aliphatic heterocycles. The minimum atomic E-state index is -0.295. The number of hydrogen-bond acceptors (Lipinski definition) is 6. The molecule has 0 bridgehead atoms. The molecule has 2 aliphatic rings. The van der Waals surface area contributed by atoms with Gasteiger partial charge < -0.3 is 9.64 Å². The van der Waals surface area contributed by atoms with E-state index < -0.39 is 0 Å². The lowest BCUT2D eigenvalue weighted by Gasteiger charge is -2.31. The van der Waals surface area contributed by atoms with Crippen LogP contribution in [-0.4, -0.2) is 50.8 Å². The second-order valence-corrected chi connectivity index (χ2v) is 7.76. The van der Waals surface area contributed by atoms with Gasteiger partial charge in [-0.25, -0.2) is 4.68 Å². The monoisotopic (exact) mass is 369 g/mol. The van der Waals surface area contributed by atoms with Gasteiger partial charge in [0.1, 0.15) is 6.04 Å². The molecule has 4 rings (SSSR count). The summed E-state index contributed by atoms with van der Waals surface area (Å²) in [5, 5.41) is 11.7. The van der Waals surface area contributed by atoms with Crippen molar-refractivity contribution in [2.45, 2.75) is 63.1 Å². The highest BCUT2D eigenvalue weighted by atomic mass is 16.5. The molecule has 1 saturated heterocycles. The molecule has 0 spiro atoms. The third-order valence-electron chi connectivity index (χ3n) is 5.94. The Balaban J connectivity index is 1.34. The molecule has 1 aromatic carbocycles. The molecule has 2 heterocycles. The number of anilines is 1. The number of ketones is 1. The highest BCUT2D eigenvalue weighted by Crippen LogP contribution is 2.34. The summed E-state index contributed by atoms with van der Waals surface area (Å²) in [4.78, 5) is 14.5. The zero-order chi connectivity index (χ0) is 18.8. The summed E-state index contributed by atoms with van der Waals surface area (Å²) in [6.07, 6.45) is 5.11. The van der Waals surface area contributed by atoms with Gasteiger partial charge in [0, 0.05) is 19.5 Å². The van der Waals surface area contributed by atoms with E-state index >= 15 is 0 Å². The summed E-state index contributed by atoms with van der Waals surface area (Å²) in [5.74, 6) is 1.47. The second-order valence-electron chi connectivity index (χ2n) is 7.76. The van der Waals surface area contributed by atoms with Gasteiger partial charge in [0.2, 0.25) is 5.95 Å². The number of carbonyl (C=O) groups is 1. The molecule has 1 aliphatic carbocycles. The molecule has 0 radical (unpaired) electrons. The number of aromatic nitrogens is 4. The quantitative estimate of drug-likeness (QED) is 0.806. The fraction of sp³-hybridized carbons (Fsp3) is 0.600. The molecule has 0 amide bonds. The summed E-state index contributed by atoms with van der Waals surface area (Å²) < 4.78 is 7.82. The second kappa shape index (κ2) is 7.76. The van der Waals surface area contributed by atoms with Crippen LogP contribution in [0.3, 0.4) is 0 Å². The van der Waals surface area contributed by atoms with E-state index in [1.165, 1.54) is 5.56 Å². The van der Waals surface area contributed by atoms with Gasteiger partial charge in [-0.15, -0.1) is 0 Å². The van der Waals surface area contributed by atoms with Crippen LogP contribution in [0.1, 0.15) is 50.5 Å². The normalized spacial score (nSPS) is 28.7. The topological polar surface area (TPSA) is 73.1 Å². The van der Waals surface area contributed by atoms with Crippen molar-refractivity contribution in [1.29, 1.82) is 0 Å². The number of rotatable bonds is 5. The van der Waals surface area contributed by atoms with E-state index in [9.17, 15) is 4.79 Å². The highest BCUT2D eigenvalue weighted by molar-refractivity contribution is 5.91. The van der Waals surface area contributed by atoms with Crippen molar-refractivity contribution in [2.24, 2.45) is 7.05 Å². The van der Waals surface area contributed by atoms with Crippen molar-refractivity contribution < 1.29 is 9.53 Å². The standard InChI is InChI=1S/C20H27N5O2/c1-14-12-19(26)18(25(14)20-21-22-23-24(20)2)13-27-17-10-8-16(9-11-17)15-6-4-3-5-7-15/h3-7,14,16-18H,8-13H2,1-2H3/t14-,16?,17?,18+/m1/s1. The van der Waals surface area contributed by atoms with Crippen LogP contribution < -0.4 is 4.90 Å². The first-order chi connectivity index (χ1) is 13.1. The molecule has 7 heteroatoms. The van der Waals surface area contributed by atoms with Crippen LogP contribution in [0.2, 0.25) is 0 Å². The molecule has 27 heavy (non-hydrogen) atoms. The van der Waals surface area contributed by atoms with Gasteiger partial charge in [0.25, 0.3) is 0 Å². The van der Waals surface area contributed by atoms with Crippen LogP contribution in [0.4, 0.5) is 5.95 Å². The summed E-state index contributed by atoms with van der Waals surface area (Å²) in [5.41, 5.74) is 1.43. The average molecular weight is 369 g/mol. The highest BCUT2D eigenvalue weighted by Gasteiger charge is 2.41. The lowest BCUT2D eigenvalue weighted by Crippen LogP contribution is -2.42. The Morgan fingerprint density at radius 1 is 1.15 bits per heavy atom. The van der Waals surface area contributed by atoms with Crippen molar-refractivity contribution in [1.82, 2.24) is 20.2 Å². The van der Waals surface area contributed by atoms with E-state index in [-0.39, 0.29) is 24.0 Å². The first kappa shape index (κ1) is 18.1. The number of Topliss-reactive ketones (excluding diaryl/α,β-unsaturated/α-hetero) is 1. The minimum absolute atomic E-state index is 0.0876. The van der Waals surface area contributed by atoms with Gasteiger partial charge in [0.15, 0.2) is 5.78 Å². The Morgan fingerprint density at radius 3 is 2.56 bits per heavy atom. The molecule has 2 atom stereocenters. The van der Waals surface area contributed by atoms with Crippen LogP contribution in [-0.2, 0) is 16.6 Å². The fourth-order valence-corrected chi connectivity index (χ4v) is 4.46. The first-order valence-corrected chi connectivity index (χ1v) is 9.83. The predicted molar refractivity (Wildman–Crippen MR) is 102 cm³/mol. The Kier molecular flexibility index (Phi) is 5.20. The Hall–Kier alpha value is -2.28. The zero-order valence-electron chi connectivity index (χ0n) is 16.0. The van der Waals surface area contributed by atoms with Crippen molar-refractivity contribution in [3.05, 3.63) is 35.9 Å². The van der Waals surface area contributed by atoms with Gasteiger partial charge >= 0.3 is 0 Å². The Bertz CT molecular complexity index is 770. The molecule has 2 aromatic rings. The van der Waals surface area contributed by atoms with Gasteiger partial charge in [-0.1, -0.05) is 35.4 Å². The van der Waals surface area contributed by atoms with Gasteiger partial charge in [-0.2, -0.15) is 0 Å². The van der Waals surface area contributed by atoms with Crippen LogP contribution in [0.5, 0.6) is 0 Å². The number of hydrogen-bond donors (Lipinski definition) is 0. The van der Waals surface area contributed by atoms with Gasteiger partial charge in [-0.3, -0.25) is 4.79 Å². The maximum Gasteiger partial charge on any atom is 0.246 e. The molecule has 1 saturated carbocycles. The van der Waals surface area contributed by atoms with Crippen molar-refractivity contribution in [2.75, 3.05) is 11.5 Å². The van der Waals surface area contributed by atoms with Crippen LogP contribution >= 0.6 is 0 Å². The van der Waals surface area contributed by atoms with Gasteiger partial charge in [-0.05, 0) is 54.5 Å². The molecular formula is C20H27N5O2. The lowest BCUT2D eigenvalue weighted by molar-refractivity contribution is -0.120. The first-order valence-electron chi connectivity index (χ1n) is 9.83. The average Bonchev–Trinajstić information content (AvgIpc) is 3.22. The predicted octanol–water partition coefficient (Wildman–Crippen LogP) is 2.49. The molecule has 0 unspecified atom stereocenters. The summed E-state index contributed by atoms with van der Waals surface area (Å²) in [6.45, 7) is 2.45. The van der Waals surface area contributed by atoms with Crippen molar-refractivity contribution in [3.8, 4) is 0 Å². The smallest absolute Gasteiger partial charge is 0.246 e. The van der Waals surface area contributed by atoms with E-state index in [2.05, 4.69) is 45.9 Å². The molecule has 7 nitrogen and oxygen atoms in total. The third kappa shape index (κ3) is 3.74. The third-order valence-corrected chi connectivity index (χ3v) is 5.94. The minimum Gasteiger partial charge on any atom is -0.376 e. The Labute approximate surface area is 159 Å². The summed E-state index contributed by atoms with van der Waals surface area (Å²) >= 11 is 0. The molecular weight excluding hydrogens is 342 g/mol. The van der Waals surface area contributed by atoms with E-state index in [0.29, 0.717) is 24.9 Å². The maximum absolute atomic E-state index is 12.5. The van der Waals surface area contributed by atoms with E-state index in [1.54, 1.807) is 11.7 Å². The molecule has 1 aromatic heterocycles. The summed E-state index contributed by atoms with van der Waals surface area (Å²) in [7, 11) is 1.80. The van der Waals surface area contributed by atoms with Gasteiger partial charge in [0.05, 0.1) is 12.7 Å². The van der Waals surface area contributed by atoms with Crippen molar-refractivity contribution in [3.63, 3.8) is 0 Å². The molecule has 144 valence electrons. The number of tetrazole rings is 1. The van der Waals surface area contributed by atoms with Crippen LogP contribution in [0, 0.1) is 0 Å². The largest absolute Gasteiger partial charge is 0.376 e. The zero-order valence-corrected chi connectivity index (χ0v) is 16.0. The van der Waals surface area contributed by atoms with E-state index in [1.807, 2.05) is 11.8 Å². The lowest BCUT2D eigenvalue weighted by atomic mass is 9.83. The fourth-order valence-electron chi connectivity index (χ4n) is 4.46.